The summed E-state index contributed by atoms with van der Waals surface area (Å²) in [6.45, 7) is 3.04. The Balaban J connectivity index is 1.50. The number of benzene rings is 1. The fraction of sp³-hybridized carbons (Fsp3) is 0.500. The van der Waals surface area contributed by atoms with E-state index in [1.807, 2.05) is 13.8 Å². The molecular formula is C24H31N5O10S. The third-order valence-electron chi connectivity index (χ3n) is 6.01. The second-order valence-electron chi connectivity index (χ2n) is 9.69. The molecule has 15 nitrogen and oxygen atoms in total. The van der Waals surface area contributed by atoms with E-state index in [4.69, 9.17) is 19.9 Å². The summed E-state index contributed by atoms with van der Waals surface area (Å²) in [5.41, 5.74) is 5.96. The van der Waals surface area contributed by atoms with E-state index in [2.05, 4.69) is 15.0 Å². The van der Waals surface area contributed by atoms with Gasteiger partial charge in [0.2, 0.25) is 15.0 Å². The molecule has 1 fully saturated rings. The molecule has 1 unspecified atom stereocenters. The molecule has 1 aliphatic heterocycles. The summed E-state index contributed by atoms with van der Waals surface area (Å²) in [6, 6.07) is 5.93. The van der Waals surface area contributed by atoms with Crippen LogP contribution in [0, 0.1) is 5.92 Å². The normalized spacial score (nSPS) is 22.1. The van der Waals surface area contributed by atoms with Gasteiger partial charge in [-0.05, 0) is 30.2 Å². The molecule has 6 N–H and O–H groups in total. The van der Waals surface area contributed by atoms with Crippen molar-refractivity contribution in [3.05, 3.63) is 36.2 Å². The third-order valence-corrected chi connectivity index (χ3v) is 7.68. The van der Waals surface area contributed by atoms with Crippen molar-refractivity contribution in [1.82, 2.24) is 19.5 Å². The van der Waals surface area contributed by atoms with E-state index in [0.29, 0.717) is 5.56 Å². The summed E-state index contributed by atoms with van der Waals surface area (Å²) in [5.74, 6) is -1.02. The summed E-state index contributed by atoms with van der Waals surface area (Å²) in [5, 5.41) is 40.1. The van der Waals surface area contributed by atoms with Crippen LogP contribution in [0.4, 0.5) is 5.82 Å². The van der Waals surface area contributed by atoms with Gasteiger partial charge in [-0.1, -0.05) is 13.8 Å². The van der Waals surface area contributed by atoms with Crippen LogP contribution in [0.3, 0.4) is 0 Å². The molecule has 16 heteroatoms. The Hall–Kier alpha value is -3.41. The average molecular weight is 582 g/mol. The highest BCUT2D eigenvalue weighted by Gasteiger charge is 2.46. The number of imidazole rings is 1. The van der Waals surface area contributed by atoms with Crippen LogP contribution >= 0.6 is 0 Å². The van der Waals surface area contributed by atoms with Crippen molar-refractivity contribution >= 4 is 32.8 Å². The van der Waals surface area contributed by atoms with Gasteiger partial charge in [0, 0.05) is 0 Å². The molecule has 2 aromatic heterocycles. The zero-order valence-electron chi connectivity index (χ0n) is 21.7. The number of rotatable bonds is 11. The lowest BCUT2D eigenvalue weighted by molar-refractivity contribution is -0.0550. The number of carbonyl (C=O) groups excluding carboxylic acids is 1. The smallest absolute Gasteiger partial charge is 0.338 e. The number of nitrogens with two attached hydrogens (primary N) is 1. The molecule has 1 aliphatic rings. The Labute approximate surface area is 229 Å². The van der Waals surface area contributed by atoms with E-state index in [0.717, 1.165) is 10.9 Å². The third kappa shape index (κ3) is 6.16. The molecule has 0 saturated carbocycles. The van der Waals surface area contributed by atoms with Crippen molar-refractivity contribution in [2.75, 3.05) is 31.3 Å². The molecule has 5 atom stereocenters. The fourth-order valence-corrected chi connectivity index (χ4v) is 5.50. The maximum Gasteiger partial charge on any atom is 0.338 e. The Bertz CT molecular complexity index is 1450. The molecular weight excluding hydrogens is 550 g/mol. The molecule has 0 bridgehead atoms. The number of fused-ring (bicyclic) bond motifs is 1. The SMILES string of the molecule is CC(C)COC(=O)c1ccc(OCC(O)CS(=O)(=O)c2nc3c(N)ncnc3n2[C@@H]2O[C@H](CO)[C@@H](O)[C@H]2O)cc1. The Morgan fingerprint density at radius 3 is 2.48 bits per heavy atom. The van der Waals surface area contributed by atoms with Crippen molar-refractivity contribution in [3.8, 4) is 5.75 Å². The number of hydrogen-bond acceptors (Lipinski definition) is 14. The number of carbonyl (C=O) groups is 1. The number of sulfone groups is 1. The molecule has 1 saturated heterocycles. The lowest BCUT2D eigenvalue weighted by Crippen LogP contribution is -2.34. The Kier molecular flexibility index (Phi) is 8.86. The van der Waals surface area contributed by atoms with E-state index in [1.54, 1.807) is 0 Å². The number of aliphatic hydroxyl groups excluding tert-OH is 4. The van der Waals surface area contributed by atoms with Crippen LogP contribution in [-0.4, -0.2) is 104 Å². The first-order chi connectivity index (χ1) is 18.9. The second kappa shape index (κ2) is 12.0. The fourth-order valence-electron chi connectivity index (χ4n) is 4.03. The minimum Gasteiger partial charge on any atom is -0.491 e. The van der Waals surface area contributed by atoms with E-state index in [9.17, 15) is 33.6 Å². The highest BCUT2D eigenvalue weighted by molar-refractivity contribution is 7.91. The molecule has 218 valence electrons. The van der Waals surface area contributed by atoms with Crippen LogP contribution in [0.5, 0.6) is 5.75 Å². The van der Waals surface area contributed by atoms with Crippen LogP contribution in [-0.2, 0) is 19.3 Å². The highest BCUT2D eigenvalue weighted by Crippen LogP contribution is 2.35. The quantitative estimate of drug-likeness (QED) is 0.172. The number of aromatic nitrogens is 4. The molecule has 0 spiro atoms. The maximum absolute atomic E-state index is 13.4. The maximum atomic E-state index is 13.4. The summed E-state index contributed by atoms with van der Waals surface area (Å²) >= 11 is 0. The summed E-state index contributed by atoms with van der Waals surface area (Å²) in [4.78, 5) is 23.9. The van der Waals surface area contributed by atoms with Crippen molar-refractivity contribution < 1.29 is 47.8 Å². The van der Waals surface area contributed by atoms with E-state index < -0.39 is 70.6 Å². The number of nitrogen functional groups attached to an aromatic ring is 1. The van der Waals surface area contributed by atoms with Gasteiger partial charge in [0.15, 0.2) is 23.2 Å². The molecule has 40 heavy (non-hydrogen) atoms. The van der Waals surface area contributed by atoms with Gasteiger partial charge in [0.05, 0.1) is 24.5 Å². The van der Waals surface area contributed by atoms with E-state index in [-0.39, 0.29) is 35.3 Å². The number of anilines is 1. The van der Waals surface area contributed by atoms with Crippen LogP contribution in [0.15, 0.2) is 35.7 Å². The molecule has 3 aromatic rings. The molecule has 0 radical (unpaired) electrons. The topological polar surface area (TPSA) is 229 Å². The number of hydrogen-bond donors (Lipinski definition) is 5. The summed E-state index contributed by atoms with van der Waals surface area (Å²) in [6.07, 6.45) is -6.32. The van der Waals surface area contributed by atoms with Crippen molar-refractivity contribution in [2.24, 2.45) is 5.92 Å². The minimum absolute atomic E-state index is 0.0985. The lowest BCUT2D eigenvalue weighted by atomic mass is 10.1. The molecule has 0 aliphatic carbocycles. The monoisotopic (exact) mass is 581 g/mol. The first-order valence-electron chi connectivity index (χ1n) is 12.3. The highest BCUT2D eigenvalue weighted by atomic mass is 32.2. The van der Waals surface area contributed by atoms with Gasteiger partial charge in [0.25, 0.3) is 0 Å². The van der Waals surface area contributed by atoms with Crippen LogP contribution in [0.1, 0.15) is 30.4 Å². The zero-order valence-corrected chi connectivity index (χ0v) is 22.5. The molecule has 1 aromatic carbocycles. The summed E-state index contributed by atoms with van der Waals surface area (Å²) in [7, 11) is -4.41. The average Bonchev–Trinajstić information content (AvgIpc) is 3.44. The van der Waals surface area contributed by atoms with Gasteiger partial charge in [-0.2, -0.15) is 0 Å². The molecule has 0 amide bonds. The van der Waals surface area contributed by atoms with Crippen LogP contribution in [0.2, 0.25) is 0 Å². The van der Waals surface area contributed by atoms with Crippen molar-refractivity contribution in [2.45, 2.75) is 49.6 Å². The predicted molar refractivity (Wildman–Crippen MR) is 138 cm³/mol. The number of ether oxygens (including phenoxy) is 3. The second-order valence-corrected chi connectivity index (χ2v) is 11.6. The Morgan fingerprint density at radius 2 is 1.85 bits per heavy atom. The van der Waals surface area contributed by atoms with Crippen molar-refractivity contribution in [3.63, 3.8) is 0 Å². The van der Waals surface area contributed by atoms with Gasteiger partial charge in [0.1, 0.15) is 43.1 Å². The Morgan fingerprint density at radius 1 is 1.15 bits per heavy atom. The van der Waals surface area contributed by atoms with Gasteiger partial charge in [-0.25, -0.2) is 28.2 Å². The number of esters is 1. The first-order valence-corrected chi connectivity index (χ1v) is 14.0. The molecule has 3 heterocycles. The van der Waals surface area contributed by atoms with E-state index in [1.165, 1.54) is 24.3 Å². The predicted octanol–water partition coefficient (Wildman–Crippen LogP) is -0.954. The molecule has 4 rings (SSSR count). The van der Waals surface area contributed by atoms with Crippen molar-refractivity contribution in [1.29, 1.82) is 0 Å². The number of aliphatic hydroxyl groups is 4. The zero-order chi connectivity index (χ0) is 29.2. The van der Waals surface area contributed by atoms with Crippen LogP contribution < -0.4 is 10.5 Å². The number of nitrogens with zero attached hydrogens (tertiary/aromatic N) is 4. The first kappa shape index (κ1) is 29.6. The van der Waals surface area contributed by atoms with Gasteiger partial charge < -0.3 is 40.4 Å². The standard InChI is InChI=1S/C24H31N5O10S/c1-12(2)8-38-23(34)13-3-5-15(6-4-13)37-9-14(31)10-40(35,36)24-28-17-20(25)26-11-27-21(17)29(24)22-19(33)18(32)16(7-30)39-22/h3-6,11-12,14,16,18-19,22,30-33H,7-10H2,1-2H3,(H2,25,26,27)/t14?,16-,18-,19-,22-/m1/s1. The van der Waals surface area contributed by atoms with Gasteiger partial charge >= 0.3 is 5.97 Å². The lowest BCUT2D eigenvalue weighted by Gasteiger charge is -2.20. The summed E-state index contributed by atoms with van der Waals surface area (Å²) < 4.78 is 43.9. The van der Waals surface area contributed by atoms with Crippen LogP contribution in [0.25, 0.3) is 11.2 Å². The van der Waals surface area contributed by atoms with Gasteiger partial charge in [-0.3, -0.25) is 4.57 Å². The minimum atomic E-state index is -4.41. The van der Waals surface area contributed by atoms with E-state index >= 15 is 0 Å². The van der Waals surface area contributed by atoms with Gasteiger partial charge in [-0.15, -0.1) is 0 Å². The largest absolute Gasteiger partial charge is 0.491 e.